The van der Waals surface area contributed by atoms with Crippen LogP contribution in [0.25, 0.3) is 0 Å². The Labute approximate surface area is 667 Å². The summed E-state index contributed by atoms with van der Waals surface area (Å²) in [7, 11) is 3.04. The third kappa shape index (κ3) is 21.7. The van der Waals surface area contributed by atoms with Crippen LogP contribution in [0.5, 0.6) is 34.8 Å². The van der Waals surface area contributed by atoms with Gasteiger partial charge in [-0.15, -0.1) is 0 Å². The number of ether oxygens (including phenoxy) is 10. The van der Waals surface area contributed by atoms with Crippen LogP contribution in [0.2, 0.25) is 0 Å². The zero-order valence-corrected chi connectivity index (χ0v) is 69.3. The van der Waals surface area contributed by atoms with Gasteiger partial charge in [-0.05, 0) is 164 Å². The molecule has 0 saturated carbocycles. The minimum atomic E-state index is -1.74. The van der Waals surface area contributed by atoms with Gasteiger partial charge >= 0.3 is 11.4 Å². The van der Waals surface area contributed by atoms with Gasteiger partial charge in [0, 0.05) is 60.5 Å². The Morgan fingerprint density at radius 3 is 1.04 bits per heavy atom. The maximum Gasteiger partial charge on any atom is 0.352 e. The average Bonchev–Trinajstić information content (AvgIpc) is 1.30. The summed E-state index contributed by atoms with van der Waals surface area (Å²) in [5.41, 5.74) is 2.91. The Kier molecular flexibility index (Phi) is 32.3. The largest absolute Gasteiger partial charge is 0.497 e. The molecule has 0 N–H and O–H groups in total. The van der Waals surface area contributed by atoms with Gasteiger partial charge in [-0.1, -0.05) is 128 Å². The van der Waals surface area contributed by atoms with Crippen molar-refractivity contribution in [3.8, 4) is 46.9 Å². The lowest BCUT2D eigenvalue weighted by Crippen LogP contribution is -2.39. The molecule has 604 valence electrons. The summed E-state index contributed by atoms with van der Waals surface area (Å²) in [6.07, 6.45) is 3.88. The Morgan fingerprint density at radius 2 is 0.752 bits per heavy atom. The summed E-state index contributed by atoms with van der Waals surface area (Å²) in [5, 5.41) is 19.2. The molecule has 6 aromatic carbocycles. The van der Waals surface area contributed by atoms with Crippen LogP contribution in [-0.2, 0) is 48.2 Å². The normalized spacial score (nSPS) is 17.8. The van der Waals surface area contributed by atoms with Crippen molar-refractivity contribution in [3.63, 3.8) is 0 Å². The highest BCUT2D eigenvalue weighted by molar-refractivity contribution is 7.44. The van der Waals surface area contributed by atoms with E-state index in [1.807, 2.05) is 172 Å². The topological polar surface area (TPSA) is 253 Å². The molecule has 8 atom stereocenters. The second kappa shape index (κ2) is 42.1. The zero-order chi connectivity index (χ0) is 80.6. The summed E-state index contributed by atoms with van der Waals surface area (Å²) < 4.78 is 98.1. The lowest BCUT2D eigenvalue weighted by Gasteiger charge is -2.39. The van der Waals surface area contributed by atoms with Gasteiger partial charge in [0.25, 0.3) is 17.1 Å². The second-order valence-electron chi connectivity index (χ2n) is 29.0. The summed E-state index contributed by atoms with van der Waals surface area (Å²) in [5.74, 6) is 3.23. The van der Waals surface area contributed by atoms with Gasteiger partial charge < -0.3 is 65.5 Å². The Bertz CT molecular complexity index is 4060. The molecule has 0 radical (unpaired) electrons. The monoisotopic (exact) mass is 1580 g/mol. The molecule has 26 heteroatoms. The van der Waals surface area contributed by atoms with Gasteiger partial charge in [-0.25, -0.2) is 18.9 Å². The van der Waals surface area contributed by atoms with Crippen molar-refractivity contribution < 1.29 is 65.5 Å². The van der Waals surface area contributed by atoms with Gasteiger partial charge in [0.05, 0.1) is 105 Å². The maximum atomic E-state index is 14.3. The van der Waals surface area contributed by atoms with Crippen LogP contribution in [-0.4, -0.2) is 145 Å². The molecule has 4 heterocycles. The third-order valence-corrected chi connectivity index (χ3v) is 24.3. The van der Waals surface area contributed by atoms with Gasteiger partial charge in [0.15, 0.2) is 0 Å². The van der Waals surface area contributed by atoms with Crippen molar-refractivity contribution in [1.29, 1.82) is 10.5 Å². The predicted molar refractivity (Wildman–Crippen MR) is 434 cm³/mol. The van der Waals surface area contributed by atoms with Gasteiger partial charge in [-0.2, -0.15) is 20.5 Å². The molecular weight excluding hydrogens is 1470 g/mol. The van der Waals surface area contributed by atoms with Crippen molar-refractivity contribution in [2.75, 3.05) is 68.1 Å². The third-order valence-electron chi connectivity index (χ3n) is 20.0. The number of unbranched alkanes of at least 4 members (excludes halogenated alkanes) is 4. The average molecular weight is 1590 g/mol. The van der Waals surface area contributed by atoms with E-state index in [2.05, 4.69) is 86.8 Å². The Morgan fingerprint density at radius 1 is 0.451 bits per heavy atom. The molecule has 2 unspecified atom stereocenters. The van der Waals surface area contributed by atoms with Crippen LogP contribution in [0.4, 0.5) is 0 Å². The van der Waals surface area contributed by atoms with Crippen LogP contribution in [0, 0.1) is 36.5 Å². The summed E-state index contributed by atoms with van der Waals surface area (Å²) in [4.78, 5) is 37.6. The number of nitrogens with zero attached hydrogens (tertiary/aromatic N) is 8. The molecule has 0 bridgehead atoms. The number of nitriles is 2. The molecule has 0 aliphatic carbocycles. The van der Waals surface area contributed by atoms with Crippen LogP contribution < -0.4 is 39.8 Å². The van der Waals surface area contributed by atoms with E-state index in [9.17, 15) is 20.1 Å². The number of hydrogen-bond acceptors (Lipinski definition) is 22. The number of aryl methyl sites for hydroxylation is 2. The molecule has 113 heavy (non-hydrogen) atoms. The summed E-state index contributed by atoms with van der Waals surface area (Å²) in [6, 6.07) is 55.8. The molecule has 2 saturated heterocycles. The van der Waals surface area contributed by atoms with E-state index in [1.165, 1.54) is 9.13 Å². The smallest absolute Gasteiger partial charge is 0.352 e. The minimum Gasteiger partial charge on any atom is -0.497 e. The van der Waals surface area contributed by atoms with E-state index >= 15 is 0 Å². The lowest BCUT2D eigenvalue weighted by molar-refractivity contribution is -0.0926. The Balaban J connectivity index is 0.792. The van der Waals surface area contributed by atoms with Crippen LogP contribution in [0.1, 0.15) is 170 Å². The van der Waals surface area contributed by atoms with E-state index in [1.54, 1.807) is 40.8 Å². The van der Waals surface area contributed by atoms with Crippen LogP contribution in [0.15, 0.2) is 180 Å². The fraction of sp³-hybridized carbons (Fsp3) is 0.471. The molecule has 2 fully saturated rings. The SMILES string of the molecule is COc1ccc(C(OC[C@H]2O[C@@H](n3cc(C)c(OCCCCCCCOc4nc(=O)n([C@H]5C[C@H](OP(OCCC#N)N(C(C)C)C(C)C)[C@@H](COC(c6ccccc6)(c6ccc(OC)cc6)c6ccc(OC)cc6)O5)cc4C)nc3=O)C[C@@H]2OP(OCCC#N)N(C(C)C)C(C)C)(c2ccccc2)c2ccc(OC)cc2)cc1. The highest BCUT2D eigenvalue weighted by Crippen LogP contribution is 2.53. The van der Waals surface area contributed by atoms with Gasteiger partial charge in [0.2, 0.25) is 11.8 Å². The Hall–Kier alpha value is -8.68. The fourth-order valence-corrected chi connectivity index (χ4v) is 18.0. The molecular formula is C87H110N8O16P2. The maximum absolute atomic E-state index is 14.3. The van der Waals surface area contributed by atoms with Crippen molar-refractivity contribution in [2.45, 2.75) is 199 Å². The van der Waals surface area contributed by atoms with Gasteiger partial charge in [-0.3, -0.25) is 9.13 Å². The molecule has 10 rings (SSSR count). The standard InChI is InChI=1S/C87H110N8O16P2/c1-60(2)94(61(3)4)112(106-52-26-48-88)110-76-54-80(108-78(76)58-104-86(66-28-20-18-21-29-66,68-32-40-72(98-11)41-33-68)69-34-42-73(99-12)43-35-69)92-56-64(9)82(90-84(92)96)102-50-24-16-15-17-25-51-103-83-65(10)57-93(85(97)91-83)81-55-77(111-113(107-53-27-49-89)95(62(5)6)63(7)8)79(109-81)59-105-87(67-30-22-19-23-31-67,70-36-44-74(100-13)45-37-70)71-38-46-75(101-14)47-39-71/h18-23,28-47,56-57,60-63,76-81H,15-17,24-27,50-55,58-59H2,1-14H3/t76-,77-,78+,79+,80+,81+,112?,113?/m0/s1. The first-order valence-corrected chi connectivity index (χ1v) is 41.2. The summed E-state index contributed by atoms with van der Waals surface area (Å²) in [6.45, 7) is 21.4. The van der Waals surface area contributed by atoms with E-state index in [0.717, 1.165) is 52.6 Å². The van der Waals surface area contributed by atoms with Crippen molar-refractivity contribution in [2.24, 2.45) is 0 Å². The number of methoxy groups -OCH3 is 4. The highest BCUT2D eigenvalue weighted by atomic mass is 31.2. The van der Waals surface area contributed by atoms with E-state index < -0.39 is 76.5 Å². The second-order valence-corrected chi connectivity index (χ2v) is 31.9. The van der Waals surface area contributed by atoms with Crippen LogP contribution >= 0.6 is 17.1 Å². The van der Waals surface area contributed by atoms with Crippen LogP contribution in [0.3, 0.4) is 0 Å². The summed E-state index contributed by atoms with van der Waals surface area (Å²) >= 11 is 0. The predicted octanol–water partition coefficient (Wildman–Crippen LogP) is 16.8. The quantitative estimate of drug-likeness (QED) is 0.0195. The zero-order valence-electron chi connectivity index (χ0n) is 67.6. The molecule has 2 aliphatic heterocycles. The molecule has 2 aliphatic rings. The first-order chi connectivity index (χ1) is 54.7. The van der Waals surface area contributed by atoms with E-state index in [0.29, 0.717) is 60.2 Å². The first kappa shape index (κ1) is 86.7. The van der Waals surface area contributed by atoms with Crippen molar-refractivity contribution >= 4 is 17.1 Å². The number of hydrogen-bond donors (Lipinski definition) is 0. The molecule has 0 spiro atoms. The van der Waals surface area contributed by atoms with Crippen molar-refractivity contribution in [1.82, 2.24) is 28.4 Å². The number of benzene rings is 6. The molecule has 24 nitrogen and oxygen atoms in total. The van der Waals surface area contributed by atoms with E-state index in [4.69, 9.17) is 65.5 Å². The number of rotatable bonds is 44. The van der Waals surface area contributed by atoms with E-state index in [-0.39, 0.29) is 88.0 Å². The number of aromatic nitrogens is 4. The molecule has 8 aromatic rings. The van der Waals surface area contributed by atoms with Crippen molar-refractivity contribution in [3.05, 3.63) is 236 Å². The highest BCUT2D eigenvalue weighted by Gasteiger charge is 2.48. The van der Waals surface area contributed by atoms with Gasteiger partial charge in [0.1, 0.15) is 58.9 Å². The molecule has 0 amide bonds. The minimum absolute atomic E-state index is 0.00961. The molecule has 2 aromatic heterocycles. The fourth-order valence-electron chi connectivity index (χ4n) is 14.5. The first-order valence-electron chi connectivity index (χ1n) is 38.9. The lowest BCUT2D eigenvalue weighted by atomic mass is 9.80.